The predicted octanol–water partition coefficient (Wildman–Crippen LogP) is -1.01. The number of carboxylic acids is 1. The summed E-state index contributed by atoms with van der Waals surface area (Å²) in [6, 6.07) is 0. The molecule has 7 heteroatoms. The molecule has 1 amide bonds. The fourth-order valence-electron chi connectivity index (χ4n) is 0.932. The number of carboxylic acid groups (broad SMARTS) is 1. The number of carbonyl (C=O) groups excluding carboxylic acids is 1. The minimum atomic E-state index is -0.971. The quantitative estimate of drug-likeness (QED) is 0.691. The van der Waals surface area contributed by atoms with Gasteiger partial charge in [0.2, 0.25) is 5.91 Å². The summed E-state index contributed by atoms with van der Waals surface area (Å²) in [6.07, 6.45) is 1.27. The molecule has 0 fully saturated rings. The summed E-state index contributed by atoms with van der Waals surface area (Å²) in [5.74, 6) is -1.09. The van der Waals surface area contributed by atoms with E-state index in [-0.39, 0.29) is 18.9 Å². The highest BCUT2D eigenvalue weighted by Crippen LogP contribution is 1.95. The summed E-state index contributed by atoms with van der Waals surface area (Å²) in [7, 11) is 3.27. The standard InChI is InChI=1S/C8H12N4O3/c1-11(2)7(13)5-12-4-6(9-10-12)3-8(14)15/h4H,3,5H2,1-2H3,(H,14,15). The second kappa shape index (κ2) is 4.54. The molecule has 1 aromatic rings. The number of carbonyl (C=O) groups is 2. The maximum atomic E-state index is 11.3. The van der Waals surface area contributed by atoms with Crippen molar-refractivity contribution in [3.63, 3.8) is 0 Å². The van der Waals surface area contributed by atoms with Crippen LogP contribution >= 0.6 is 0 Å². The molecular weight excluding hydrogens is 200 g/mol. The number of nitrogens with zero attached hydrogens (tertiary/aromatic N) is 4. The van der Waals surface area contributed by atoms with Crippen LogP contribution in [0, 0.1) is 0 Å². The Morgan fingerprint density at radius 1 is 1.53 bits per heavy atom. The number of amides is 1. The molecular formula is C8H12N4O3. The van der Waals surface area contributed by atoms with Crippen molar-refractivity contribution in [3.8, 4) is 0 Å². The lowest BCUT2D eigenvalue weighted by Crippen LogP contribution is -2.26. The van der Waals surface area contributed by atoms with E-state index < -0.39 is 5.97 Å². The van der Waals surface area contributed by atoms with Crippen LogP contribution in [0.5, 0.6) is 0 Å². The highest BCUT2D eigenvalue weighted by molar-refractivity contribution is 5.75. The topological polar surface area (TPSA) is 88.3 Å². The molecule has 1 rings (SSSR count). The van der Waals surface area contributed by atoms with Gasteiger partial charge in [-0.2, -0.15) is 0 Å². The van der Waals surface area contributed by atoms with E-state index >= 15 is 0 Å². The highest BCUT2D eigenvalue weighted by Gasteiger charge is 2.09. The molecule has 7 nitrogen and oxygen atoms in total. The summed E-state index contributed by atoms with van der Waals surface area (Å²) >= 11 is 0. The van der Waals surface area contributed by atoms with Crippen LogP contribution in [0.1, 0.15) is 5.69 Å². The van der Waals surface area contributed by atoms with E-state index in [9.17, 15) is 9.59 Å². The van der Waals surface area contributed by atoms with Crippen LogP contribution in [0.2, 0.25) is 0 Å². The van der Waals surface area contributed by atoms with Crippen LogP contribution in [0.25, 0.3) is 0 Å². The Labute approximate surface area is 86.3 Å². The van der Waals surface area contributed by atoms with Crippen molar-refractivity contribution in [2.75, 3.05) is 14.1 Å². The average molecular weight is 212 g/mol. The van der Waals surface area contributed by atoms with Crippen LogP contribution in [-0.2, 0) is 22.6 Å². The third-order valence-corrected chi connectivity index (χ3v) is 1.71. The molecule has 0 aromatic carbocycles. The van der Waals surface area contributed by atoms with Gasteiger partial charge in [0, 0.05) is 20.3 Å². The molecule has 0 aliphatic rings. The fraction of sp³-hybridized carbons (Fsp3) is 0.500. The van der Waals surface area contributed by atoms with Crippen LogP contribution < -0.4 is 0 Å². The van der Waals surface area contributed by atoms with E-state index in [4.69, 9.17) is 5.11 Å². The largest absolute Gasteiger partial charge is 0.481 e. The van der Waals surface area contributed by atoms with Crippen molar-refractivity contribution < 1.29 is 14.7 Å². The Bertz CT molecular complexity index is 372. The predicted molar refractivity (Wildman–Crippen MR) is 50.1 cm³/mol. The molecule has 1 aromatic heterocycles. The van der Waals surface area contributed by atoms with Crippen molar-refractivity contribution in [2.24, 2.45) is 0 Å². The summed E-state index contributed by atoms with van der Waals surface area (Å²) in [6.45, 7) is 0.0691. The first-order chi connectivity index (χ1) is 6.99. The van der Waals surface area contributed by atoms with E-state index in [1.54, 1.807) is 14.1 Å². The average Bonchev–Trinajstić information content (AvgIpc) is 2.51. The van der Waals surface area contributed by atoms with Gasteiger partial charge in [-0.05, 0) is 0 Å². The fourth-order valence-corrected chi connectivity index (χ4v) is 0.932. The van der Waals surface area contributed by atoms with Crippen molar-refractivity contribution in [3.05, 3.63) is 11.9 Å². The molecule has 0 spiro atoms. The zero-order chi connectivity index (χ0) is 11.4. The molecule has 0 bridgehead atoms. The van der Waals surface area contributed by atoms with Gasteiger partial charge in [0.05, 0.1) is 12.1 Å². The minimum Gasteiger partial charge on any atom is -0.481 e. The van der Waals surface area contributed by atoms with Gasteiger partial charge in [-0.3, -0.25) is 9.59 Å². The molecule has 0 atom stereocenters. The van der Waals surface area contributed by atoms with Crippen molar-refractivity contribution in [2.45, 2.75) is 13.0 Å². The summed E-state index contributed by atoms with van der Waals surface area (Å²) < 4.78 is 1.32. The van der Waals surface area contributed by atoms with E-state index in [2.05, 4.69) is 10.3 Å². The van der Waals surface area contributed by atoms with Crippen molar-refractivity contribution >= 4 is 11.9 Å². The van der Waals surface area contributed by atoms with E-state index in [1.165, 1.54) is 15.8 Å². The van der Waals surface area contributed by atoms with Gasteiger partial charge in [0.25, 0.3) is 0 Å². The normalized spacial score (nSPS) is 10.0. The first-order valence-corrected chi connectivity index (χ1v) is 4.30. The maximum absolute atomic E-state index is 11.3. The summed E-state index contributed by atoms with van der Waals surface area (Å²) in [5.41, 5.74) is 0.342. The van der Waals surface area contributed by atoms with Gasteiger partial charge < -0.3 is 10.0 Å². The van der Waals surface area contributed by atoms with Crippen LogP contribution in [-0.4, -0.2) is 51.0 Å². The molecule has 0 aliphatic heterocycles. The van der Waals surface area contributed by atoms with Gasteiger partial charge in [0.15, 0.2) is 0 Å². The van der Waals surface area contributed by atoms with Crippen molar-refractivity contribution in [1.82, 2.24) is 19.9 Å². The number of hydrogen-bond donors (Lipinski definition) is 1. The number of likely N-dealkylation sites (N-methyl/N-ethyl adjacent to an activating group) is 1. The molecule has 1 heterocycles. The molecule has 0 saturated carbocycles. The Morgan fingerprint density at radius 2 is 2.20 bits per heavy atom. The Kier molecular flexibility index (Phi) is 3.37. The minimum absolute atomic E-state index is 0.0691. The lowest BCUT2D eigenvalue weighted by molar-refractivity contribution is -0.136. The van der Waals surface area contributed by atoms with E-state index in [0.717, 1.165) is 0 Å². The number of aliphatic carboxylic acids is 1. The summed E-state index contributed by atoms with van der Waals surface area (Å²) in [5, 5.41) is 15.8. The second-order valence-electron chi connectivity index (χ2n) is 3.27. The van der Waals surface area contributed by atoms with E-state index in [0.29, 0.717) is 5.69 Å². The SMILES string of the molecule is CN(C)C(=O)Cn1cc(CC(=O)O)nn1. The second-order valence-corrected chi connectivity index (χ2v) is 3.27. The Hall–Kier alpha value is -1.92. The van der Waals surface area contributed by atoms with Gasteiger partial charge in [0.1, 0.15) is 6.54 Å². The molecule has 82 valence electrons. The first kappa shape index (κ1) is 11.2. The van der Waals surface area contributed by atoms with Gasteiger partial charge in [-0.15, -0.1) is 5.10 Å². The van der Waals surface area contributed by atoms with Gasteiger partial charge >= 0.3 is 5.97 Å². The third kappa shape index (κ3) is 3.37. The molecule has 0 saturated heterocycles. The molecule has 0 radical (unpaired) electrons. The lowest BCUT2D eigenvalue weighted by atomic mass is 10.3. The van der Waals surface area contributed by atoms with E-state index in [1.807, 2.05) is 0 Å². The number of aromatic nitrogens is 3. The zero-order valence-electron chi connectivity index (χ0n) is 8.54. The summed E-state index contributed by atoms with van der Waals surface area (Å²) in [4.78, 5) is 23.0. The number of rotatable bonds is 4. The molecule has 1 N–H and O–H groups in total. The molecule has 15 heavy (non-hydrogen) atoms. The number of hydrogen-bond acceptors (Lipinski definition) is 4. The highest BCUT2D eigenvalue weighted by atomic mass is 16.4. The first-order valence-electron chi connectivity index (χ1n) is 4.30. The maximum Gasteiger partial charge on any atom is 0.309 e. The van der Waals surface area contributed by atoms with Gasteiger partial charge in [-0.25, -0.2) is 4.68 Å². The third-order valence-electron chi connectivity index (χ3n) is 1.71. The van der Waals surface area contributed by atoms with Crippen LogP contribution in [0.3, 0.4) is 0 Å². The van der Waals surface area contributed by atoms with Crippen LogP contribution in [0.15, 0.2) is 6.20 Å². The smallest absolute Gasteiger partial charge is 0.309 e. The lowest BCUT2D eigenvalue weighted by Gasteiger charge is -2.08. The Balaban J connectivity index is 2.60. The Morgan fingerprint density at radius 3 is 2.73 bits per heavy atom. The van der Waals surface area contributed by atoms with Crippen molar-refractivity contribution in [1.29, 1.82) is 0 Å². The van der Waals surface area contributed by atoms with Crippen LogP contribution in [0.4, 0.5) is 0 Å². The monoisotopic (exact) mass is 212 g/mol. The molecule has 0 unspecified atom stereocenters. The van der Waals surface area contributed by atoms with Gasteiger partial charge in [-0.1, -0.05) is 5.21 Å². The molecule has 0 aliphatic carbocycles. The zero-order valence-corrected chi connectivity index (χ0v) is 8.54.